The summed E-state index contributed by atoms with van der Waals surface area (Å²) in [6, 6.07) is 0.815. The molecule has 2 aliphatic heterocycles. The van der Waals surface area contributed by atoms with E-state index in [0.29, 0.717) is 6.54 Å². The van der Waals surface area contributed by atoms with Crippen molar-refractivity contribution in [2.45, 2.75) is 38.4 Å². The number of nitrogens with two attached hydrogens (primary N) is 1. The van der Waals surface area contributed by atoms with E-state index in [2.05, 4.69) is 27.2 Å². The van der Waals surface area contributed by atoms with Crippen molar-refractivity contribution >= 4 is 0 Å². The maximum atomic E-state index is 5.56. The van der Waals surface area contributed by atoms with Gasteiger partial charge in [0, 0.05) is 31.9 Å². The summed E-state index contributed by atoms with van der Waals surface area (Å²) < 4.78 is 1.92. The summed E-state index contributed by atoms with van der Waals surface area (Å²) in [6.45, 7) is 6.19. The Hall–Kier alpha value is -0.980. The normalized spacial score (nSPS) is 28.5. The van der Waals surface area contributed by atoms with Crippen LogP contribution in [0.4, 0.5) is 0 Å². The van der Waals surface area contributed by atoms with Crippen molar-refractivity contribution in [3.63, 3.8) is 0 Å². The van der Waals surface area contributed by atoms with Crippen LogP contribution >= 0.6 is 0 Å². The van der Waals surface area contributed by atoms with Gasteiger partial charge in [-0.15, -0.1) is 5.10 Å². The number of hydrogen-bond acceptors (Lipinski definition) is 5. The predicted octanol–water partition coefficient (Wildman–Crippen LogP) is 0.153. The second kappa shape index (κ2) is 6.20. The van der Waals surface area contributed by atoms with Crippen LogP contribution in [0.25, 0.3) is 0 Å². The molecule has 0 saturated carbocycles. The van der Waals surface area contributed by atoms with E-state index in [1.165, 1.54) is 38.9 Å². The zero-order valence-electron chi connectivity index (χ0n) is 12.4. The highest BCUT2D eigenvalue weighted by Gasteiger charge is 2.33. The number of piperidine rings is 2. The molecule has 2 aliphatic rings. The number of likely N-dealkylation sites (tertiary alicyclic amines) is 2. The molecule has 20 heavy (non-hydrogen) atoms. The predicted molar refractivity (Wildman–Crippen MR) is 78.1 cm³/mol. The number of nitrogens with zero attached hydrogens (tertiary/aromatic N) is 5. The summed E-state index contributed by atoms with van der Waals surface area (Å²) >= 11 is 0. The molecule has 1 aromatic rings. The van der Waals surface area contributed by atoms with Gasteiger partial charge in [0.25, 0.3) is 0 Å². The van der Waals surface area contributed by atoms with Crippen LogP contribution in [0.2, 0.25) is 0 Å². The Bertz CT molecular complexity index is 431. The van der Waals surface area contributed by atoms with Crippen LogP contribution in [0.3, 0.4) is 0 Å². The average Bonchev–Trinajstić information content (AvgIpc) is 2.93. The molecule has 6 heteroatoms. The maximum absolute atomic E-state index is 5.56. The van der Waals surface area contributed by atoms with Crippen molar-refractivity contribution in [1.29, 1.82) is 0 Å². The Labute approximate surface area is 120 Å². The third-order valence-electron chi connectivity index (χ3n) is 4.87. The Morgan fingerprint density at radius 2 is 2.20 bits per heavy atom. The highest BCUT2D eigenvalue weighted by atomic mass is 15.4. The van der Waals surface area contributed by atoms with E-state index in [1.807, 2.05) is 10.9 Å². The number of aromatic nitrogens is 3. The molecule has 2 saturated heterocycles. The first-order valence-corrected chi connectivity index (χ1v) is 7.78. The monoisotopic (exact) mass is 278 g/mol. The van der Waals surface area contributed by atoms with Gasteiger partial charge in [0.15, 0.2) is 0 Å². The third-order valence-corrected chi connectivity index (χ3v) is 4.87. The molecule has 6 nitrogen and oxygen atoms in total. The number of rotatable bonds is 4. The fourth-order valence-corrected chi connectivity index (χ4v) is 3.72. The summed E-state index contributed by atoms with van der Waals surface area (Å²) in [7, 11) is 2.29. The van der Waals surface area contributed by atoms with Gasteiger partial charge in [0.05, 0.1) is 12.2 Å². The standard InChI is InChI=1S/C14H26N6/c1-18-5-2-3-12-10-19(6-4-14(12)18)7-8-20-11-13(9-15)16-17-20/h11-12,14H,2-10,15H2,1H3. The molecule has 2 atom stereocenters. The van der Waals surface area contributed by atoms with Gasteiger partial charge in [-0.05, 0) is 45.3 Å². The lowest BCUT2D eigenvalue weighted by molar-refractivity contribution is 0.0369. The minimum Gasteiger partial charge on any atom is -0.325 e. The van der Waals surface area contributed by atoms with Crippen LogP contribution in [0.15, 0.2) is 6.20 Å². The largest absolute Gasteiger partial charge is 0.325 e. The lowest BCUT2D eigenvalue weighted by atomic mass is 9.84. The molecule has 112 valence electrons. The SMILES string of the molecule is CN1CCCC2CN(CCn3cc(CN)nn3)CCC21. The van der Waals surface area contributed by atoms with Crippen molar-refractivity contribution in [2.24, 2.45) is 11.7 Å². The summed E-state index contributed by atoms with van der Waals surface area (Å²) in [4.78, 5) is 5.15. The van der Waals surface area contributed by atoms with Gasteiger partial charge >= 0.3 is 0 Å². The van der Waals surface area contributed by atoms with Crippen LogP contribution in [0.5, 0.6) is 0 Å². The van der Waals surface area contributed by atoms with Crippen molar-refractivity contribution in [2.75, 3.05) is 33.2 Å². The summed E-state index contributed by atoms with van der Waals surface area (Å²) in [5.41, 5.74) is 6.43. The van der Waals surface area contributed by atoms with Gasteiger partial charge in [-0.1, -0.05) is 5.21 Å². The fourth-order valence-electron chi connectivity index (χ4n) is 3.72. The van der Waals surface area contributed by atoms with E-state index >= 15 is 0 Å². The molecule has 3 rings (SSSR count). The van der Waals surface area contributed by atoms with Crippen LogP contribution in [-0.4, -0.2) is 64.1 Å². The third kappa shape index (κ3) is 3.02. The molecular formula is C14H26N6. The Morgan fingerprint density at radius 1 is 1.30 bits per heavy atom. The van der Waals surface area contributed by atoms with Crippen molar-refractivity contribution < 1.29 is 0 Å². The van der Waals surface area contributed by atoms with Crippen molar-refractivity contribution in [1.82, 2.24) is 24.8 Å². The summed E-state index contributed by atoms with van der Waals surface area (Å²) in [6.07, 6.45) is 6.02. The van der Waals surface area contributed by atoms with E-state index in [4.69, 9.17) is 5.73 Å². The van der Waals surface area contributed by atoms with E-state index in [9.17, 15) is 0 Å². The van der Waals surface area contributed by atoms with E-state index in [-0.39, 0.29) is 0 Å². The minimum atomic E-state index is 0.472. The smallest absolute Gasteiger partial charge is 0.0962 e. The molecule has 2 fully saturated rings. The molecule has 1 aromatic heterocycles. The van der Waals surface area contributed by atoms with Crippen LogP contribution in [-0.2, 0) is 13.1 Å². The van der Waals surface area contributed by atoms with Crippen molar-refractivity contribution in [3.8, 4) is 0 Å². The van der Waals surface area contributed by atoms with Gasteiger partial charge in [-0.25, -0.2) is 0 Å². The molecule has 0 radical (unpaired) electrons. The Kier molecular flexibility index (Phi) is 4.33. The fraction of sp³-hybridized carbons (Fsp3) is 0.857. The lowest BCUT2D eigenvalue weighted by Gasteiger charge is -2.46. The van der Waals surface area contributed by atoms with Gasteiger partial charge < -0.3 is 15.5 Å². The van der Waals surface area contributed by atoms with E-state index in [1.54, 1.807) is 0 Å². The Morgan fingerprint density at radius 3 is 3.00 bits per heavy atom. The molecule has 3 heterocycles. The van der Waals surface area contributed by atoms with Gasteiger partial charge in [-0.3, -0.25) is 4.68 Å². The molecule has 2 N–H and O–H groups in total. The van der Waals surface area contributed by atoms with E-state index < -0.39 is 0 Å². The second-order valence-electron chi connectivity index (χ2n) is 6.22. The molecule has 0 aliphatic carbocycles. The van der Waals surface area contributed by atoms with Crippen molar-refractivity contribution in [3.05, 3.63) is 11.9 Å². The molecule has 0 spiro atoms. The van der Waals surface area contributed by atoms with E-state index in [0.717, 1.165) is 30.7 Å². The average molecular weight is 278 g/mol. The first-order chi connectivity index (χ1) is 9.76. The maximum Gasteiger partial charge on any atom is 0.0962 e. The Balaban J connectivity index is 1.49. The first kappa shape index (κ1) is 14.0. The number of hydrogen-bond donors (Lipinski definition) is 1. The molecule has 2 unspecified atom stereocenters. The van der Waals surface area contributed by atoms with Gasteiger partial charge in [0.1, 0.15) is 0 Å². The molecule has 0 amide bonds. The lowest BCUT2D eigenvalue weighted by Crippen LogP contribution is -2.53. The molecule has 0 aromatic carbocycles. The number of fused-ring (bicyclic) bond motifs is 1. The second-order valence-corrected chi connectivity index (χ2v) is 6.22. The van der Waals surface area contributed by atoms with Gasteiger partial charge in [0.2, 0.25) is 0 Å². The molecule has 0 bridgehead atoms. The zero-order valence-corrected chi connectivity index (χ0v) is 12.4. The summed E-state index contributed by atoms with van der Waals surface area (Å²) in [5.74, 6) is 0.859. The van der Waals surface area contributed by atoms with Crippen LogP contribution in [0.1, 0.15) is 25.0 Å². The van der Waals surface area contributed by atoms with Gasteiger partial charge in [-0.2, -0.15) is 0 Å². The zero-order chi connectivity index (χ0) is 13.9. The quantitative estimate of drug-likeness (QED) is 0.849. The highest BCUT2D eigenvalue weighted by Crippen LogP contribution is 2.29. The minimum absolute atomic E-state index is 0.472. The highest BCUT2D eigenvalue weighted by molar-refractivity contribution is 4.91. The first-order valence-electron chi connectivity index (χ1n) is 7.78. The molecular weight excluding hydrogens is 252 g/mol. The topological polar surface area (TPSA) is 63.2 Å². The van der Waals surface area contributed by atoms with Crippen LogP contribution < -0.4 is 5.73 Å². The van der Waals surface area contributed by atoms with Crippen LogP contribution in [0, 0.1) is 5.92 Å². The summed E-state index contributed by atoms with van der Waals surface area (Å²) in [5, 5.41) is 8.15.